The number of benzene rings is 1. The van der Waals surface area contributed by atoms with Crippen LogP contribution in [0.5, 0.6) is 0 Å². The van der Waals surface area contributed by atoms with Crippen molar-refractivity contribution in [3.8, 4) is 0 Å². The van der Waals surface area contributed by atoms with E-state index in [4.69, 9.17) is 0 Å². The first kappa shape index (κ1) is 16.1. The number of hydrogen-bond acceptors (Lipinski definition) is 1. The number of carboxylic acids is 1. The Hall–Kier alpha value is -1.31. The van der Waals surface area contributed by atoms with E-state index in [0.29, 0.717) is 6.42 Å². The van der Waals surface area contributed by atoms with Gasteiger partial charge in [0.15, 0.2) is 0 Å². The van der Waals surface area contributed by atoms with E-state index in [9.17, 15) is 9.90 Å². The summed E-state index contributed by atoms with van der Waals surface area (Å²) in [7, 11) is 0. The van der Waals surface area contributed by atoms with Gasteiger partial charge < -0.3 is 5.11 Å². The van der Waals surface area contributed by atoms with Crippen molar-refractivity contribution >= 4 is 5.97 Å². The van der Waals surface area contributed by atoms with Crippen LogP contribution >= 0.6 is 0 Å². The highest BCUT2D eigenvalue weighted by atomic mass is 16.4. The normalized spacial score (nSPS) is 25.7. The minimum atomic E-state index is -0.600. The molecule has 2 rings (SSSR count). The summed E-state index contributed by atoms with van der Waals surface area (Å²) in [4.78, 5) is 11.9. The summed E-state index contributed by atoms with van der Waals surface area (Å²) in [6.07, 6.45) is 8.00. The Morgan fingerprint density at radius 2 is 1.71 bits per heavy atom. The molecule has 0 unspecified atom stereocenters. The van der Waals surface area contributed by atoms with Crippen molar-refractivity contribution in [2.75, 3.05) is 0 Å². The number of rotatable bonds is 6. The Bertz CT molecular complexity index is 453. The van der Waals surface area contributed by atoms with Gasteiger partial charge >= 0.3 is 5.97 Å². The summed E-state index contributed by atoms with van der Waals surface area (Å²) >= 11 is 0. The molecule has 1 aliphatic rings. The van der Waals surface area contributed by atoms with Gasteiger partial charge in [-0.2, -0.15) is 0 Å². The number of hydrogen-bond donors (Lipinski definition) is 1. The second kappa shape index (κ2) is 7.11. The van der Waals surface area contributed by atoms with E-state index >= 15 is 0 Å². The Morgan fingerprint density at radius 3 is 2.19 bits per heavy atom. The molecule has 1 saturated carbocycles. The van der Waals surface area contributed by atoms with Crippen molar-refractivity contribution in [1.82, 2.24) is 0 Å². The Balaban J connectivity index is 2.07. The van der Waals surface area contributed by atoms with Crippen LogP contribution in [-0.2, 0) is 17.6 Å². The standard InChI is InChI=1S/C19H28O2/c1-3-5-16-10-12-19(13-11-16,18(20)21)14-17-8-6-15(4-2)7-9-17/h6-9,16H,3-5,10-14H2,1-2H3,(H,20,21). The van der Waals surface area contributed by atoms with Crippen LogP contribution in [0.1, 0.15) is 63.5 Å². The monoisotopic (exact) mass is 288 g/mol. The maximum atomic E-state index is 11.9. The molecule has 0 spiro atoms. The lowest BCUT2D eigenvalue weighted by atomic mass is 9.67. The highest BCUT2D eigenvalue weighted by Crippen LogP contribution is 2.43. The van der Waals surface area contributed by atoms with Gasteiger partial charge in [-0.1, -0.05) is 51.0 Å². The highest BCUT2D eigenvalue weighted by Gasteiger charge is 2.41. The van der Waals surface area contributed by atoms with E-state index < -0.39 is 11.4 Å². The van der Waals surface area contributed by atoms with Crippen molar-refractivity contribution in [2.24, 2.45) is 11.3 Å². The van der Waals surface area contributed by atoms with Crippen molar-refractivity contribution in [2.45, 2.75) is 65.2 Å². The lowest BCUT2D eigenvalue weighted by molar-refractivity contribution is -0.151. The average Bonchev–Trinajstić information content (AvgIpc) is 2.50. The van der Waals surface area contributed by atoms with Crippen molar-refractivity contribution in [3.63, 3.8) is 0 Å². The number of aliphatic carboxylic acids is 1. The maximum absolute atomic E-state index is 11.9. The Kier molecular flexibility index (Phi) is 5.44. The van der Waals surface area contributed by atoms with E-state index in [1.165, 1.54) is 24.0 Å². The molecule has 0 atom stereocenters. The minimum absolute atomic E-state index is 0.530. The molecule has 0 amide bonds. The molecule has 0 aromatic heterocycles. The van der Waals surface area contributed by atoms with Gasteiger partial charge in [-0.15, -0.1) is 0 Å². The Morgan fingerprint density at radius 1 is 1.14 bits per heavy atom. The van der Waals surface area contributed by atoms with Gasteiger partial charge in [0.25, 0.3) is 0 Å². The molecule has 1 fully saturated rings. The second-order valence-corrected chi connectivity index (χ2v) is 6.66. The summed E-state index contributed by atoms with van der Waals surface area (Å²) in [5, 5.41) is 9.77. The molecule has 0 bridgehead atoms. The summed E-state index contributed by atoms with van der Waals surface area (Å²) < 4.78 is 0. The zero-order valence-electron chi connectivity index (χ0n) is 13.4. The van der Waals surface area contributed by atoms with Gasteiger partial charge in [-0.3, -0.25) is 4.79 Å². The fraction of sp³-hybridized carbons (Fsp3) is 0.632. The van der Waals surface area contributed by atoms with E-state index in [2.05, 4.69) is 38.1 Å². The van der Waals surface area contributed by atoms with Crippen LogP contribution in [-0.4, -0.2) is 11.1 Å². The van der Waals surface area contributed by atoms with Gasteiger partial charge in [-0.25, -0.2) is 0 Å². The largest absolute Gasteiger partial charge is 0.481 e. The molecule has 1 aromatic carbocycles. The Labute approximate surface area is 128 Å². The van der Waals surface area contributed by atoms with Crippen LogP contribution in [0.3, 0.4) is 0 Å². The molecule has 2 nitrogen and oxygen atoms in total. The number of aryl methyl sites for hydroxylation is 1. The molecule has 2 heteroatoms. The van der Waals surface area contributed by atoms with Crippen molar-refractivity contribution < 1.29 is 9.90 Å². The smallest absolute Gasteiger partial charge is 0.309 e. The van der Waals surface area contributed by atoms with Crippen LogP contribution in [0, 0.1) is 11.3 Å². The lowest BCUT2D eigenvalue weighted by Crippen LogP contribution is -2.37. The first-order valence-electron chi connectivity index (χ1n) is 8.41. The zero-order valence-corrected chi connectivity index (χ0v) is 13.4. The fourth-order valence-electron chi connectivity index (χ4n) is 3.68. The molecule has 116 valence electrons. The molecule has 0 saturated heterocycles. The number of carbonyl (C=O) groups is 1. The summed E-state index contributed by atoms with van der Waals surface area (Å²) in [6, 6.07) is 8.49. The quantitative estimate of drug-likeness (QED) is 0.812. The van der Waals surface area contributed by atoms with Crippen LogP contribution < -0.4 is 0 Å². The third kappa shape index (κ3) is 3.87. The van der Waals surface area contributed by atoms with Crippen molar-refractivity contribution in [3.05, 3.63) is 35.4 Å². The fourth-order valence-corrected chi connectivity index (χ4v) is 3.68. The van der Waals surface area contributed by atoms with E-state index in [-0.39, 0.29) is 0 Å². The molecule has 1 aromatic rings. The average molecular weight is 288 g/mol. The SMILES string of the molecule is CCCC1CCC(Cc2ccc(CC)cc2)(C(=O)O)CC1. The molecule has 0 aliphatic heterocycles. The molecule has 21 heavy (non-hydrogen) atoms. The topological polar surface area (TPSA) is 37.3 Å². The van der Waals surface area contributed by atoms with Crippen LogP contribution in [0.15, 0.2) is 24.3 Å². The van der Waals surface area contributed by atoms with Gasteiger partial charge in [0, 0.05) is 0 Å². The zero-order chi connectivity index (χ0) is 15.3. The predicted molar refractivity (Wildman–Crippen MR) is 86.5 cm³/mol. The second-order valence-electron chi connectivity index (χ2n) is 6.66. The molecular weight excluding hydrogens is 260 g/mol. The number of carboxylic acid groups (broad SMARTS) is 1. The van der Waals surface area contributed by atoms with Crippen LogP contribution in [0.4, 0.5) is 0 Å². The van der Waals surface area contributed by atoms with E-state index in [1.807, 2.05) is 0 Å². The molecular formula is C19H28O2. The van der Waals surface area contributed by atoms with Gasteiger partial charge in [-0.05, 0) is 55.6 Å². The molecule has 1 aliphatic carbocycles. The minimum Gasteiger partial charge on any atom is -0.481 e. The summed E-state index contributed by atoms with van der Waals surface area (Å²) in [6.45, 7) is 4.36. The lowest BCUT2D eigenvalue weighted by Gasteiger charge is -2.37. The predicted octanol–water partition coefficient (Wildman–Crippen LogP) is 4.85. The third-order valence-corrected chi connectivity index (χ3v) is 5.19. The van der Waals surface area contributed by atoms with Crippen LogP contribution in [0.2, 0.25) is 0 Å². The maximum Gasteiger partial charge on any atom is 0.309 e. The summed E-state index contributed by atoms with van der Waals surface area (Å²) in [5.74, 6) is 0.141. The molecule has 0 radical (unpaired) electrons. The van der Waals surface area contributed by atoms with E-state index in [1.54, 1.807) is 0 Å². The molecule has 1 N–H and O–H groups in total. The first-order valence-corrected chi connectivity index (χ1v) is 8.41. The summed E-state index contributed by atoms with van der Waals surface area (Å²) in [5.41, 5.74) is 1.95. The third-order valence-electron chi connectivity index (χ3n) is 5.19. The first-order chi connectivity index (χ1) is 10.1. The van der Waals surface area contributed by atoms with Crippen molar-refractivity contribution in [1.29, 1.82) is 0 Å². The van der Waals surface area contributed by atoms with Crippen LogP contribution in [0.25, 0.3) is 0 Å². The van der Waals surface area contributed by atoms with Gasteiger partial charge in [0.05, 0.1) is 5.41 Å². The molecule has 0 heterocycles. The van der Waals surface area contributed by atoms with Gasteiger partial charge in [0.2, 0.25) is 0 Å². The van der Waals surface area contributed by atoms with Gasteiger partial charge in [0.1, 0.15) is 0 Å². The highest BCUT2D eigenvalue weighted by molar-refractivity contribution is 5.75. The van der Waals surface area contributed by atoms with E-state index in [0.717, 1.165) is 38.0 Å².